The normalized spacial score (nSPS) is 23.0. The minimum atomic E-state index is -0.328. The Hall–Kier alpha value is -2.25. The highest BCUT2D eigenvalue weighted by atomic mass is 35.5. The molecule has 2 fully saturated rings. The average Bonchev–Trinajstić information content (AvgIpc) is 3.43. The van der Waals surface area contributed by atoms with E-state index in [1.165, 1.54) is 25.0 Å². The number of nitrogens with zero attached hydrogens (tertiary/aromatic N) is 4. The zero-order valence-corrected chi connectivity index (χ0v) is 17.7. The van der Waals surface area contributed by atoms with Crippen LogP contribution in [0.25, 0.3) is 11.0 Å². The number of halogens is 2. The van der Waals surface area contributed by atoms with Crippen LogP contribution in [-0.2, 0) is 6.54 Å². The highest BCUT2D eigenvalue weighted by molar-refractivity contribution is 6.31. The molecule has 0 amide bonds. The molecule has 2 aliphatic rings. The van der Waals surface area contributed by atoms with Crippen molar-refractivity contribution in [3.8, 4) is 0 Å². The SMILES string of the molecule is C[C@@H]1CN(Cc2ccc(F)cc2Cl)C[C@H]1c1nc2c(cnn2C2CCCC2)c(=O)[nH]1. The van der Waals surface area contributed by atoms with Crippen molar-refractivity contribution in [2.24, 2.45) is 5.92 Å². The molecule has 1 saturated heterocycles. The third kappa shape index (κ3) is 3.54. The number of rotatable bonds is 4. The van der Waals surface area contributed by atoms with Crippen molar-refractivity contribution in [2.75, 3.05) is 13.1 Å². The summed E-state index contributed by atoms with van der Waals surface area (Å²) < 4.78 is 15.3. The van der Waals surface area contributed by atoms with Gasteiger partial charge in [0.25, 0.3) is 5.56 Å². The largest absolute Gasteiger partial charge is 0.310 e. The Balaban J connectivity index is 1.42. The molecule has 2 atom stereocenters. The van der Waals surface area contributed by atoms with Gasteiger partial charge in [-0.3, -0.25) is 9.69 Å². The van der Waals surface area contributed by atoms with Crippen molar-refractivity contribution < 1.29 is 4.39 Å². The Labute approximate surface area is 179 Å². The molecule has 1 aliphatic heterocycles. The molecular weight excluding hydrogens is 405 g/mol. The van der Waals surface area contributed by atoms with Crippen molar-refractivity contribution in [1.29, 1.82) is 0 Å². The van der Waals surface area contributed by atoms with Crippen molar-refractivity contribution in [1.82, 2.24) is 24.6 Å². The van der Waals surface area contributed by atoms with Gasteiger partial charge in [0.05, 0.1) is 12.2 Å². The number of aromatic nitrogens is 4. The Bertz CT molecular complexity index is 1140. The number of hydrogen-bond donors (Lipinski definition) is 1. The molecule has 0 unspecified atom stereocenters. The summed E-state index contributed by atoms with van der Waals surface area (Å²) in [5.41, 5.74) is 1.49. The highest BCUT2D eigenvalue weighted by Crippen LogP contribution is 2.34. The third-order valence-corrected chi connectivity index (χ3v) is 6.95. The number of fused-ring (bicyclic) bond motifs is 1. The summed E-state index contributed by atoms with van der Waals surface area (Å²) in [6.45, 7) is 4.45. The second-order valence-electron chi connectivity index (χ2n) is 8.73. The molecule has 0 bridgehead atoms. The van der Waals surface area contributed by atoms with Gasteiger partial charge in [-0.15, -0.1) is 0 Å². The highest BCUT2D eigenvalue weighted by Gasteiger charge is 2.33. The van der Waals surface area contributed by atoms with E-state index < -0.39 is 0 Å². The van der Waals surface area contributed by atoms with Gasteiger partial charge >= 0.3 is 0 Å². The van der Waals surface area contributed by atoms with Gasteiger partial charge in [-0.1, -0.05) is 37.4 Å². The molecule has 3 aromatic rings. The number of aromatic amines is 1. The Morgan fingerprint density at radius 3 is 2.83 bits per heavy atom. The number of hydrogen-bond acceptors (Lipinski definition) is 4. The molecule has 158 valence electrons. The smallest absolute Gasteiger partial charge is 0.262 e. The quantitative estimate of drug-likeness (QED) is 0.672. The molecule has 1 aliphatic carbocycles. The van der Waals surface area contributed by atoms with Crippen LogP contribution in [0.5, 0.6) is 0 Å². The summed E-state index contributed by atoms with van der Waals surface area (Å²) in [6.07, 6.45) is 6.22. The van der Waals surface area contributed by atoms with Crippen LogP contribution in [0.15, 0.2) is 29.2 Å². The second kappa shape index (κ2) is 7.78. The molecule has 0 spiro atoms. The first-order valence-electron chi connectivity index (χ1n) is 10.6. The molecule has 2 aromatic heterocycles. The molecule has 8 heteroatoms. The molecule has 1 saturated carbocycles. The molecule has 30 heavy (non-hydrogen) atoms. The van der Waals surface area contributed by atoms with Crippen LogP contribution >= 0.6 is 11.6 Å². The van der Waals surface area contributed by atoms with Crippen LogP contribution in [0.2, 0.25) is 5.02 Å². The minimum Gasteiger partial charge on any atom is -0.310 e. The Kier molecular flexibility index (Phi) is 5.11. The van der Waals surface area contributed by atoms with Gasteiger partial charge in [-0.2, -0.15) is 5.10 Å². The topological polar surface area (TPSA) is 66.8 Å². The summed E-state index contributed by atoms with van der Waals surface area (Å²) in [4.78, 5) is 22.9. The van der Waals surface area contributed by atoms with E-state index >= 15 is 0 Å². The van der Waals surface area contributed by atoms with Crippen molar-refractivity contribution >= 4 is 22.6 Å². The van der Waals surface area contributed by atoms with Gasteiger partial charge in [-0.25, -0.2) is 14.1 Å². The van der Waals surface area contributed by atoms with E-state index in [-0.39, 0.29) is 17.3 Å². The summed E-state index contributed by atoms with van der Waals surface area (Å²) in [6, 6.07) is 4.87. The zero-order chi connectivity index (χ0) is 20.8. The monoisotopic (exact) mass is 429 g/mol. The van der Waals surface area contributed by atoms with Crippen molar-refractivity contribution in [2.45, 2.75) is 51.1 Å². The fourth-order valence-corrected chi connectivity index (χ4v) is 5.21. The van der Waals surface area contributed by atoms with E-state index in [0.717, 1.165) is 37.3 Å². The predicted molar refractivity (Wildman–Crippen MR) is 114 cm³/mol. The van der Waals surface area contributed by atoms with E-state index in [0.29, 0.717) is 34.6 Å². The van der Waals surface area contributed by atoms with Gasteiger partial charge in [0.15, 0.2) is 5.65 Å². The van der Waals surface area contributed by atoms with Crippen LogP contribution in [0, 0.1) is 11.7 Å². The van der Waals surface area contributed by atoms with Gasteiger partial charge in [0.1, 0.15) is 17.0 Å². The van der Waals surface area contributed by atoms with E-state index in [9.17, 15) is 9.18 Å². The fraction of sp³-hybridized carbons (Fsp3) is 0.500. The lowest BCUT2D eigenvalue weighted by atomic mass is 9.97. The van der Waals surface area contributed by atoms with Gasteiger partial charge in [-0.05, 0) is 36.5 Å². The second-order valence-corrected chi connectivity index (χ2v) is 9.14. The van der Waals surface area contributed by atoms with Crippen LogP contribution in [-0.4, -0.2) is 37.7 Å². The zero-order valence-electron chi connectivity index (χ0n) is 16.9. The van der Waals surface area contributed by atoms with Crippen LogP contribution in [0.4, 0.5) is 4.39 Å². The van der Waals surface area contributed by atoms with E-state index in [1.54, 1.807) is 12.3 Å². The van der Waals surface area contributed by atoms with E-state index in [1.807, 2.05) is 4.68 Å². The first-order chi connectivity index (χ1) is 14.5. The van der Waals surface area contributed by atoms with Crippen molar-refractivity contribution in [3.05, 3.63) is 57.0 Å². The summed E-state index contributed by atoms with van der Waals surface area (Å²) in [7, 11) is 0. The van der Waals surface area contributed by atoms with Crippen LogP contribution in [0.1, 0.15) is 56.0 Å². The molecule has 3 heterocycles. The number of benzene rings is 1. The minimum absolute atomic E-state index is 0.119. The van der Waals surface area contributed by atoms with Crippen LogP contribution < -0.4 is 5.56 Å². The summed E-state index contributed by atoms with van der Waals surface area (Å²) in [5, 5.41) is 5.50. The Morgan fingerprint density at radius 2 is 2.07 bits per heavy atom. The van der Waals surface area contributed by atoms with Crippen molar-refractivity contribution in [3.63, 3.8) is 0 Å². The molecule has 5 rings (SSSR count). The molecule has 1 aromatic carbocycles. The number of nitrogens with one attached hydrogen (secondary N) is 1. The predicted octanol–water partition coefficient (Wildman–Crippen LogP) is 4.26. The first kappa shape index (κ1) is 19.7. The maximum absolute atomic E-state index is 13.3. The lowest BCUT2D eigenvalue weighted by Crippen LogP contribution is -2.22. The van der Waals surface area contributed by atoms with E-state index in [2.05, 4.69) is 21.9 Å². The average molecular weight is 430 g/mol. The number of likely N-dealkylation sites (tertiary alicyclic amines) is 1. The van der Waals surface area contributed by atoms with Gasteiger partial charge in [0, 0.05) is 30.6 Å². The lowest BCUT2D eigenvalue weighted by molar-refractivity contribution is 0.318. The molecule has 0 radical (unpaired) electrons. The van der Waals surface area contributed by atoms with E-state index in [4.69, 9.17) is 16.6 Å². The molecule has 1 N–H and O–H groups in total. The third-order valence-electron chi connectivity index (χ3n) is 6.60. The maximum atomic E-state index is 13.3. The van der Waals surface area contributed by atoms with Gasteiger partial charge in [0.2, 0.25) is 0 Å². The first-order valence-corrected chi connectivity index (χ1v) is 11.0. The summed E-state index contributed by atoms with van der Waals surface area (Å²) >= 11 is 6.21. The lowest BCUT2D eigenvalue weighted by Gasteiger charge is -2.17. The standard InChI is InChI=1S/C22H25ClFN5O/c1-13-10-28(11-14-6-7-15(24)8-19(14)23)12-18(13)20-26-21-17(22(30)27-20)9-25-29(21)16-4-2-3-5-16/h6-9,13,16,18H,2-5,10-12H2,1H3,(H,26,27,30)/t13-,18-/m1/s1. The van der Waals surface area contributed by atoms with Crippen LogP contribution in [0.3, 0.4) is 0 Å². The van der Waals surface area contributed by atoms with Gasteiger partial charge < -0.3 is 4.98 Å². The molecule has 6 nitrogen and oxygen atoms in total. The summed E-state index contributed by atoms with van der Waals surface area (Å²) in [5.74, 6) is 0.846. The number of H-pyrrole nitrogens is 1. The fourth-order valence-electron chi connectivity index (χ4n) is 4.99. The maximum Gasteiger partial charge on any atom is 0.262 e. The Morgan fingerprint density at radius 1 is 1.27 bits per heavy atom. The molecular formula is C22H25ClFN5O.